The fourth-order valence-electron chi connectivity index (χ4n) is 1.77. The van der Waals surface area contributed by atoms with Crippen LogP contribution in [0.25, 0.3) is 0 Å². The van der Waals surface area contributed by atoms with Crippen LogP contribution in [0, 0.1) is 17.7 Å². The fraction of sp³-hybridized carbons (Fsp3) is 0.188. The van der Waals surface area contributed by atoms with E-state index in [1.807, 2.05) is 6.07 Å². The molecule has 1 heterocycles. The summed E-state index contributed by atoms with van der Waals surface area (Å²) in [5, 5.41) is 4.57. The molecule has 1 amide bonds. The molecular formula is C16H15FN2OS. The van der Waals surface area contributed by atoms with Gasteiger partial charge < -0.3 is 11.1 Å². The summed E-state index contributed by atoms with van der Waals surface area (Å²) < 4.78 is 13.0. The van der Waals surface area contributed by atoms with Crippen LogP contribution < -0.4 is 11.1 Å². The molecule has 0 unspecified atom stereocenters. The van der Waals surface area contributed by atoms with Crippen LogP contribution in [0.5, 0.6) is 0 Å². The zero-order chi connectivity index (χ0) is 15.1. The Morgan fingerprint density at radius 1 is 1.38 bits per heavy atom. The minimum atomic E-state index is -0.264. The van der Waals surface area contributed by atoms with Gasteiger partial charge in [0.25, 0.3) is 5.91 Å². The topological polar surface area (TPSA) is 55.1 Å². The second kappa shape index (κ2) is 7.58. The molecule has 2 rings (SSSR count). The number of hydrogen-bond acceptors (Lipinski definition) is 3. The lowest BCUT2D eigenvalue weighted by Crippen LogP contribution is -2.25. The van der Waals surface area contributed by atoms with E-state index in [4.69, 9.17) is 5.73 Å². The molecule has 5 heteroatoms. The molecule has 0 radical (unpaired) electrons. The standard InChI is InChI=1S/C16H15FN2OS/c17-14-4-1-3-12(9-14)6-8-19-16(20)13-10-15(21-11-13)5-2-7-18/h1,3-4,9-11H,6-8,18H2,(H,19,20). The van der Waals surface area contributed by atoms with E-state index in [1.54, 1.807) is 17.5 Å². The van der Waals surface area contributed by atoms with E-state index >= 15 is 0 Å². The van der Waals surface area contributed by atoms with Gasteiger partial charge in [-0.15, -0.1) is 11.3 Å². The number of nitrogens with two attached hydrogens (primary N) is 1. The Hall–Kier alpha value is -2.16. The lowest BCUT2D eigenvalue weighted by atomic mass is 10.1. The summed E-state index contributed by atoms with van der Waals surface area (Å²) >= 11 is 1.41. The predicted octanol–water partition coefficient (Wildman–Crippen LogP) is 2.17. The van der Waals surface area contributed by atoms with E-state index in [-0.39, 0.29) is 11.7 Å². The van der Waals surface area contributed by atoms with Crippen LogP contribution in [-0.2, 0) is 6.42 Å². The van der Waals surface area contributed by atoms with Crippen LogP contribution in [0.15, 0.2) is 35.7 Å². The largest absolute Gasteiger partial charge is 0.352 e. The normalized spacial score (nSPS) is 9.81. The van der Waals surface area contributed by atoms with Crippen LogP contribution in [0.4, 0.5) is 4.39 Å². The van der Waals surface area contributed by atoms with Crippen molar-refractivity contribution < 1.29 is 9.18 Å². The summed E-state index contributed by atoms with van der Waals surface area (Å²) in [6.07, 6.45) is 0.591. The van der Waals surface area contributed by atoms with E-state index in [0.717, 1.165) is 10.4 Å². The van der Waals surface area contributed by atoms with Gasteiger partial charge in [0.15, 0.2) is 0 Å². The van der Waals surface area contributed by atoms with E-state index in [2.05, 4.69) is 17.2 Å². The number of thiophene rings is 1. The molecule has 0 saturated heterocycles. The average Bonchev–Trinajstić information content (AvgIpc) is 2.94. The maximum absolute atomic E-state index is 13.0. The van der Waals surface area contributed by atoms with Gasteiger partial charge >= 0.3 is 0 Å². The number of carbonyl (C=O) groups excluding carboxylic acids is 1. The molecule has 0 spiro atoms. The van der Waals surface area contributed by atoms with Crippen LogP contribution in [0.3, 0.4) is 0 Å². The summed E-state index contributed by atoms with van der Waals surface area (Å²) in [5.41, 5.74) is 6.74. The summed E-state index contributed by atoms with van der Waals surface area (Å²) in [6.45, 7) is 0.759. The molecule has 1 aromatic carbocycles. The molecule has 2 aromatic rings. The third-order valence-electron chi connectivity index (χ3n) is 2.76. The summed E-state index contributed by atoms with van der Waals surface area (Å²) in [6, 6.07) is 8.10. The molecule has 21 heavy (non-hydrogen) atoms. The monoisotopic (exact) mass is 302 g/mol. The number of halogens is 1. The zero-order valence-corrected chi connectivity index (χ0v) is 12.2. The molecule has 0 aliphatic rings. The molecule has 0 bridgehead atoms. The van der Waals surface area contributed by atoms with Gasteiger partial charge in [-0.05, 0) is 30.2 Å². The highest BCUT2D eigenvalue weighted by Crippen LogP contribution is 2.13. The van der Waals surface area contributed by atoms with Gasteiger partial charge in [-0.2, -0.15) is 0 Å². The number of carbonyl (C=O) groups is 1. The van der Waals surface area contributed by atoms with Crippen molar-refractivity contribution in [3.8, 4) is 11.8 Å². The second-order valence-corrected chi connectivity index (χ2v) is 5.25. The Morgan fingerprint density at radius 3 is 3.00 bits per heavy atom. The number of amides is 1. The molecule has 0 saturated carbocycles. The average molecular weight is 302 g/mol. The third-order valence-corrected chi connectivity index (χ3v) is 3.61. The van der Waals surface area contributed by atoms with Crippen LogP contribution in [-0.4, -0.2) is 19.0 Å². The van der Waals surface area contributed by atoms with Gasteiger partial charge in [-0.1, -0.05) is 24.0 Å². The van der Waals surface area contributed by atoms with E-state index < -0.39 is 0 Å². The molecule has 1 aromatic heterocycles. The van der Waals surface area contributed by atoms with Gasteiger partial charge in [0, 0.05) is 11.9 Å². The Labute approximate surface area is 127 Å². The molecule has 0 aliphatic heterocycles. The van der Waals surface area contributed by atoms with E-state index in [1.165, 1.54) is 23.5 Å². The molecule has 3 nitrogen and oxygen atoms in total. The van der Waals surface area contributed by atoms with Crippen molar-refractivity contribution in [2.45, 2.75) is 6.42 Å². The SMILES string of the molecule is NCC#Cc1cc(C(=O)NCCc2cccc(F)c2)cs1. The first kappa shape index (κ1) is 15.2. The van der Waals surface area contributed by atoms with Crippen molar-refractivity contribution >= 4 is 17.2 Å². The van der Waals surface area contributed by atoms with Crippen molar-refractivity contribution in [3.63, 3.8) is 0 Å². The maximum atomic E-state index is 13.0. The molecular weight excluding hydrogens is 287 g/mol. The van der Waals surface area contributed by atoms with Crippen LogP contribution in [0.1, 0.15) is 20.8 Å². The van der Waals surface area contributed by atoms with Crippen molar-refractivity contribution in [1.82, 2.24) is 5.32 Å². The Morgan fingerprint density at radius 2 is 2.24 bits per heavy atom. The predicted molar refractivity (Wildman–Crippen MR) is 82.7 cm³/mol. The van der Waals surface area contributed by atoms with Crippen molar-refractivity contribution in [2.75, 3.05) is 13.1 Å². The first-order chi connectivity index (χ1) is 10.2. The van der Waals surface area contributed by atoms with Crippen molar-refractivity contribution in [3.05, 3.63) is 57.5 Å². The second-order valence-electron chi connectivity index (χ2n) is 4.34. The maximum Gasteiger partial charge on any atom is 0.252 e. The molecule has 0 fully saturated rings. The highest BCUT2D eigenvalue weighted by Gasteiger charge is 2.07. The van der Waals surface area contributed by atoms with Gasteiger partial charge in [0.2, 0.25) is 0 Å². The highest BCUT2D eigenvalue weighted by molar-refractivity contribution is 7.10. The van der Waals surface area contributed by atoms with Gasteiger partial charge in [0.1, 0.15) is 5.82 Å². The van der Waals surface area contributed by atoms with E-state index in [9.17, 15) is 9.18 Å². The Bertz CT molecular complexity index is 685. The molecule has 3 N–H and O–H groups in total. The third kappa shape index (κ3) is 4.71. The lowest BCUT2D eigenvalue weighted by Gasteiger charge is -2.04. The highest BCUT2D eigenvalue weighted by atomic mass is 32.1. The number of benzene rings is 1. The summed E-state index contributed by atoms with van der Waals surface area (Å²) in [7, 11) is 0. The summed E-state index contributed by atoms with van der Waals surface area (Å²) in [4.78, 5) is 12.8. The smallest absolute Gasteiger partial charge is 0.252 e. The first-order valence-corrected chi connectivity index (χ1v) is 7.37. The number of hydrogen-bond donors (Lipinski definition) is 2. The van der Waals surface area contributed by atoms with Crippen LogP contribution in [0.2, 0.25) is 0 Å². The molecule has 108 valence electrons. The fourth-order valence-corrected chi connectivity index (χ4v) is 2.53. The minimum Gasteiger partial charge on any atom is -0.352 e. The number of nitrogens with one attached hydrogen (secondary N) is 1. The molecule has 0 atom stereocenters. The van der Waals surface area contributed by atoms with Crippen LogP contribution >= 0.6 is 11.3 Å². The van der Waals surface area contributed by atoms with Crippen molar-refractivity contribution in [2.24, 2.45) is 5.73 Å². The Kier molecular flexibility index (Phi) is 5.50. The first-order valence-electron chi connectivity index (χ1n) is 6.49. The minimum absolute atomic E-state index is 0.150. The van der Waals surface area contributed by atoms with Gasteiger partial charge in [-0.25, -0.2) is 4.39 Å². The quantitative estimate of drug-likeness (QED) is 0.851. The lowest BCUT2D eigenvalue weighted by molar-refractivity contribution is 0.0954. The number of rotatable bonds is 4. The Balaban J connectivity index is 1.86. The zero-order valence-electron chi connectivity index (χ0n) is 11.4. The van der Waals surface area contributed by atoms with E-state index in [0.29, 0.717) is 25.1 Å². The summed E-state index contributed by atoms with van der Waals surface area (Å²) in [5.74, 6) is 5.22. The van der Waals surface area contributed by atoms with Gasteiger partial charge in [0.05, 0.1) is 17.0 Å². The van der Waals surface area contributed by atoms with Gasteiger partial charge in [-0.3, -0.25) is 4.79 Å². The van der Waals surface area contributed by atoms with Crippen molar-refractivity contribution in [1.29, 1.82) is 0 Å². The molecule has 0 aliphatic carbocycles.